The van der Waals surface area contributed by atoms with Gasteiger partial charge in [0.25, 0.3) is 7.82 Å². The van der Waals surface area contributed by atoms with Crippen molar-refractivity contribution in [1.29, 1.82) is 0 Å². The van der Waals surface area contributed by atoms with Gasteiger partial charge in [0, 0.05) is 12.8 Å². The second kappa shape index (κ2) is 32.5. The lowest BCUT2D eigenvalue weighted by molar-refractivity contribution is -0.870. The van der Waals surface area contributed by atoms with E-state index in [1.807, 2.05) is 35.0 Å². The van der Waals surface area contributed by atoms with Crippen molar-refractivity contribution in [1.82, 2.24) is 5.06 Å². The largest absolute Gasteiger partial charge is 0.756 e. The molecule has 1 aliphatic heterocycles. The number of carbonyl (C=O) groups excluding carboxylic acids is 2. The summed E-state index contributed by atoms with van der Waals surface area (Å²) in [5.41, 5.74) is -1.45. The highest BCUT2D eigenvalue weighted by Gasteiger charge is 2.50. The molecule has 0 radical (unpaired) electrons. The zero-order chi connectivity index (χ0) is 43.9. The molecule has 12 nitrogen and oxygen atoms in total. The standard InChI is InChI=1S/C46H91N2O10P/c1-8-10-12-14-16-18-20-21-22-24-26-28-30-33-43(49)54-39-42(40-57-59(52,53)56-38-37-48(5,6)7)58-44(50)34-32-36-46(47(51)45(3,4)41-55-46)35-31-29-27-25-23-19-17-15-13-11-9-2/h42,51H,8-41H2,1-7H3. The van der Waals surface area contributed by atoms with Crippen molar-refractivity contribution in [3.05, 3.63) is 0 Å². The van der Waals surface area contributed by atoms with Crippen LogP contribution in [0.15, 0.2) is 0 Å². The van der Waals surface area contributed by atoms with Crippen LogP contribution in [0, 0.1) is 0 Å². The van der Waals surface area contributed by atoms with Crippen molar-refractivity contribution in [2.24, 2.45) is 0 Å². The van der Waals surface area contributed by atoms with Crippen molar-refractivity contribution in [2.75, 3.05) is 54.1 Å². The Morgan fingerprint density at radius 2 is 1.12 bits per heavy atom. The fourth-order valence-corrected chi connectivity index (χ4v) is 8.31. The number of rotatable bonds is 40. The number of nitrogens with zero attached hydrogens (tertiary/aromatic N) is 2. The van der Waals surface area contributed by atoms with Gasteiger partial charge in [-0.1, -0.05) is 155 Å². The van der Waals surface area contributed by atoms with Gasteiger partial charge in [0.1, 0.15) is 25.5 Å². The molecule has 1 N–H and O–H groups in total. The van der Waals surface area contributed by atoms with E-state index in [2.05, 4.69) is 13.8 Å². The molecular weight excluding hydrogens is 771 g/mol. The Kier molecular flexibility index (Phi) is 30.8. The van der Waals surface area contributed by atoms with E-state index in [0.29, 0.717) is 43.3 Å². The molecule has 1 rings (SSSR count). The number of phosphoric acid groups is 1. The number of carbonyl (C=O) groups is 2. The van der Waals surface area contributed by atoms with E-state index in [1.54, 1.807) is 0 Å². The van der Waals surface area contributed by atoms with Crippen LogP contribution in [-0.2, 0) is 37.4 Å². The van der Waals surface area contributed by atoms with Crippen LogP contribution in [0.25, 0.3) is 0 Å². The third-order valence-corrected chi connectivity index (χ3v) is 12.4. The first-order valence-electron chi connectivity index (χ1n) is 23.9. The van der Waals surface area contributed by atoms with Gasteiger partial charge in [-0.15, -0.1) is 0 Å². The van der Waals surface area contributed by atoms with Crippen LogP contribution in [0.4, 0.5) is 0 Å². The molecule has 1 saturated heterocycles. The summed E-state index contributed by atoms with van der Waals surface area (Å²) in [7, 11) is 1.05. The molecule has 0 aromatic carbocycles. The Balaban J connectivity index is 2.60. The minimum Gasteiger partial charge on any atom is -0.756 e. The smallest absolute Gasteiger partial charge is 0.306 e. The maximum atomic E-state index is 13.1. The van der Waals surface area contributed by atoms with E-state index >= 15 is 0 Å². The van der Waals surface area contributed by atoms with E-state index in [9.17, 15) is 24.3 Å². The summed E-state index contributed by atoms with van der Waals surface area (Å²) in [6, 6.07) is 0. The molecule has 0 aromatic rings. The van der Waals surface area contributed by atoms with Crippen molar-refractivity contribution in [3.63, 3.8) is 0 Å². The highest BCUT2D eigenvalue weighted by molar-refractivity contribution is 7.45. The van der Waals surface area contributed by atoms with Gasteiger partial charge in [0.05, 0.1) is 39.9 Å². The minimum absolute atomic E-state index is 0.01000. The maximum absolute atomic E-state index is 13.1. The summed E-state index contributed by atoms with van der Waals surface area (Å²) < 4.78 is 40.5. The summed E-state index contributed by atoms with van der Waals surface area (Å²) in [6.07, 6.45) is 29.7. The molecule has 59 heavy (non-hydrogen) atoms. The number of ether oxygens (including phenoxy) is 3. The molecule has 3 unspecified atom stereocenters. The molecule has 0 bridgehead atoms. The summed E-state index contributed by atoms with van der Waals surface area (Å²) in [5.74, 6) is -1.00. The van der Waals surface area contributed by atoms with Crippen LogP contribution in [0.1, 0.15) is 214 Å². The second-order valence-corrected chi connectivity index (χ2v) is 20.3. The van der Waals surface area contributed by atoms with Gasteiger partial charge in [0.2, 0.25) is 0 Å². The first-order chi connectivity index (χ1) is 28.1. The fourth-order valence-electron chi connectivity index (χ4n) is 7.58. The molecule has 3 atom stereocenters. The maximum Gasteiger partial charge on any atom is 0.306 e. The Labute approximate surface area is 361 Å². The molecule has 13 heteroatoms. The van der Waals surface area contributed by atoms with E-state index in [0.717, 1.165) is 38.5 Å². The van der Waals surface area contributed by atoms with Crippen molar-refractivity contribution in [2.45, 2.75) is 231 Å². The number of esters is 2. The predicted molar refractivity (Wildman–Crippen MR) is 235 cm³/mol. The topological polar surface area (TPSA) is 144 Å². The van der Waals surface area contributed by atoms with Crippen LogP contribution < -0.4 is 4.89 Å². The monoisotopic (exact) mass is 863 g/mol. The molecular formula is C46H91N2O10P. The second-order valence-electron chi connectivity index (χ2n) is 18.9. The van der Waals surface area contributed by atoms with Gasteiger partial charge < -0.3 is 37.8 Å². The molecule has 1 heterocycles. The Morgan fingerprint density at radius 1 is 0.678 bits per heavy atom. The molecule has 0 saturated carbocycles. The zero-order valence-corrected chi connectivity index (χ0v) is 40.0. The number of hydrogen-bond donors (Lipinski definition) is 1. The number of phosphoric ester groups is 1. The van der Waals surface area contributed by atoms with Gasteiger partial charge in [-0.3, -0.25) is 14.2 Å². The highest BCUT2D eigenvalue weighted by atomic mass is 31.2. The van der Waals surface area contributed by atoms with Crippen molar-refractivity contribution >= 4 is 19.8 Å². The summed E-state index contributed by atoms with van der Waals surface area (Å²) in [4.78, 5) is 38.3. The number of unbranched alkanes of at least 4 members (excludes halogenated alkanes) is 22. The fraction of sp³-hybridized carbons (Fsp3) is 0.957. The van der Waals surface area contributed by atoms with E-state index in [-0.39, 0.29) is 26.1 Å². The number of hydroxylamine groups is 2. The van der Waals surface area contributed by atoms with E-state index in [1.165, 1.54) is 114 Å². The average Bonchev–Trinajstić information content (AvgIpc) is 3.39. The Bertz CT molecular complexity index is 1120. The molecule has 0 aromatic heterocycles. The number of quaternary nitrogens is 1. The van der Waals surface area contributed by atoms with Crippen molar-refractivity contribution in [3.8, 4) is 0 Å². The lowest BCUT2D eigenvalue weighted by Gasteiger charge is -2.37. The molecule has 0 spiro atoms. The van der Waals surface area contributed by atoms with E-state index in [4.69, 9.17) is 23.3 Å². The van der Waals surface area contributed by atoms with E-state index < -0.39 is 43.7 Å². The summed E-state index contributed by atoms with van der Waals surface area (Å²) in [5, 5.41) is 12.6. The normalized spacial score (nSPS) is 18.5. The minimum atomic E-state index is -4.70. The third-order valence-electron chi connectivity index (χ3n) is 11.4. The predicted octanol–water partition coefficient (Wildman–Crippen LogP) is 11.2. The molecule has 1 aliphatic rings. The van der Waals surface area contributed by atoms with Crippen LogP contribution in [0.2, 0.25) is 0 Å². The quantitative estimate of drug-likeness (QED) is 0.0272. The van der Waals surface area contributed by atoms with Crippen molar-refractivity contribution < 1.29 is 52.0 Å². The summed E-state index contributed by atoms with van der Waals surface area (Å²) >= 11 is 0. The zero-order valence-electron chi connectivity index (χ0n) is 39.1. The average molecular weight is 863 g/mol. The first-order valence-corrected chi connectivity index (χ1v) is 25.4. The van der Waals surface area contributed by atoms with Gasteiger partial charge in [-0.05, 0) is 46.0 Å². The molecule has 0 aliphatic carbocycles. The Hall–Kier alpha value is -1.11. The van der Waals surface area contributed by atoms with Gasteiger partial charge in [0.15, 0.2) is 6.10 Å². The third kappa shape index (κ3) is 29.0. The first kappa shape index (κ1) is 55.9. The molecule has 0 amide bonds. The van der Waals surface area contributed by atoms with Gasteiger partial charge in [-0.2, -0.15) is 5.06 Å². The van der Waals surface area contributed by atoms with Crippen LogP contribution in [0.5, 0.6) is 0 Å². The van der Waals surface area contributed by atoms with Crippen LogP contribution in [0.3, 0.4) is 0 Å². The number of likely N-dealkylation sites (N-methyl/N-ethyl adjacent to an activating group) is 1. The molecule has 1 fully saturated rings. The van der Waals surface area contributed by atoms with Gasteiger partial charge in [-0.25, -0.2) is 0 Å². The van der Waals surface area contributed by atoms with Crippen LogP contribution in [-0.4, -0.2) is 98.2 Å². The summed E-state index contributed by atoms with van der Waals surface area (Å²) in [6.45, 7) is 8.26. The lowest BCUT2D eigenvalue weighted by atomic mass is 9.95. The Morgan fingerprint density at radius 3 is 1.58 bits per heavy atom. The SMILES string of the molecule is CCCCCCCCCCCCCCCC(=O)OCC(COP(=O)([O-])OCC[N+](C)(C)C)OC(=O)CCCC1(CCCCCCCCCCCCC)OCC(C)(C)N1O. The number of hydrogen-bond acceptors (Lipinski definition) is 11. The lowest BCUT2D eigenvalue weighted by Crippen LogP contribution is -2.50. The van der Waals surface area contributed by atoms with Gasteiger partial charge >= 0.3 is 11.9 Å². The van der Waals surface area contributed by atoms with Crippen LogP contribution >= 0.6 is 7.82 Å². The molecule has 350 valence electrons. The highest BCUT2D eigenvalue weighted by Crippen LogP contribution is 2.41.